The van der Waals surface area contributed by atoms with Gasteiger partial charge in [0.25, 0.3) is 0 Å². The van der Waals surface area contributed by atoms with E-state index >= 15 is 0 Å². The molecular weight excluding hydrogens is 460 g/mol. The van der Waals surface area contributed by atoms with E-state index in [9.17, 15) is 19.2 Å². The predicted molar refractivity (Wildman–Crippen MR) is 129 cm³/mol. The van der Waals surface area contributed by atoms with Crippen LogP contribution in [0.3, 0.4) is 0 Å². The van der Waals surface area contributed by atoms with Crippen LogP contribution in [0.15, 0.2) is 0 Å². The quantitative estimate of drug-likeness (QED) is 0.132. The fourth-order valence-corrected chi connectivity index (χ4v) is 2.93. The van der Waals surface area contributed by atoms with Crippen LogP contribution in [0.1, 0.15) is 83.5 Å². The first kappa shape index (κ1) is 32.3. The molecule has 0 spiro atoms. The minimum atomic E-state index is -0.652. The highest BCUT2D eigenvalue weighted by molar-refractivity contribution is 5.69. The van der Waals surface area contributed by atoms with Gasteiger partial charge in [-0.3, -0.25) is 4.79 Å². The van der Waals surface area contributed by atoms with Crippen molar-refractivity contribution in [3.63, 3.8) is 0 Å². The van der Waals surface area contributed by atoms with E-state index in [-0.39, 0.29) is 5.97 Å². The second kappa shape index (κ2) is 24.4. The van der Waals surface area contributed by atoms with Gasteiger partial charge in [0, 0.05) is 20.5 Å². The summed E-state index contributed by atoms with van der Waals surface area (Å²) in [5.41, 5.74) is 0. The number of carbonyl (C=O) groups excluding carboxylic acids is 4. The summed E-state index contributed by atoms with van der Waals surface area (Å²) in [5.74, 6) is -0.185. The number of ether oxygens (including phenoxy) is 5. The van der Waals surface area contributed by atoms with Crippen LogP contribution in [0.2, 0.25) is 0 Å². The maximum Gasteiger partial charge on any atom is 0.508 e. The predicted octanol–water partition coefficient (Wildman–Crippen LogP) is 4.47. The van der Waals surface area contributed by atoms with Gasteiger partial charge in [-0.1, -0.05) is 12.8 Å². The van der Waals surface area contributed by atoms with Crippen molar-refractivity contribution >= 4 is 24.3 Å². The van der Waals surface area contributed by atoms with Crippen LogP contribution < -0.4 is 10.6 Å². The Morgan fingerprint density at radius 2 is 0.800 bits per heavy atom. The summed E-state index contributed by atoms with van der Waals surface area (Å²) < 4.78 is 25.0. The van der Waals surface area contributed by atoms with Crippen molar-refractivity contribution in [1.82, 2.24) is 10.6 Å². The standard InChI is InChI=1S/C24H44N2O9/c1-25-22(28)32-17-11-4-3-9-15-21(27)31-16-10-5-7-13-19-34-24(30)35-20-14-8-6-12-18-33-23(29)26-2/h3-20H2,1-2H3,(H,25,28)(H,26,29). The lowest BCUT2D eigenvalue weighted by molar-refractivity contribution is -0.143. The Bertz CT molecular complexity index is 573. The number of hydrogen-bond acceptors (Lipinski definition) is 9. The Hall–Kier alpha value is -2.72. The third-order valence-corrected chi connectivity index (χ3v) is 4.93. The third-order valence-electron chi connectivity index (χ3n) is 4.93. The van der Waals surface area contributed by atoms with E-state index < -0.39 is 18.3 Å². The molecule has 0 unspecified atom stereocenters. The minimum Gasteiger partial charge on any atom is -0.466 e. The molecule has 0 aromatic rings. The van der Waals surface area contributed by atoms with Gasteiger partial charge < -0.3 is 34.3 Å². The molecule has 0 rings (SSSR count). The van der Waals surface area contributed by atoms with Crippen LogP contribution >= 0.6 is 0 Å². The number of carbonyl (C=O) groups is 4. The second-order valence-corrected chi connectivity index (χ2v) is 7.93. The Labute approximate surface area is 208 Å². The molecule has 204 valence electrons. The first-order valence-corrected chi connectivity index (χ1v) is 12.6. The van der Waals surface area contributed by atoms with Gasteiger partial charge in [-0.2, -0.15) is 0 Å². The SMILES string of the molecule is CNC(=O)OCCCCCCOC(=O)OCCCCCCOC(=O)CCCCCCOC(=O)NC. The van der Waals surface area contributed by atoms with Gasteiger partial charge in [0.1, 0.15) is 0 Å². The average Bonchev–Trinajstić information content (AvgIpc) is 2.86. The summed E-state index contributed by atoms with van der Waals surface area (Å²) >= 11 is 0. The van der Waals surface area contributed by atoms with E-state index in [0.29, 0.717) is 39.5 Å². The van der Waals surface area contributed by atoms with Gasteiger partial charge >= 0.3 is 24.3 Å². The number of hydrogen-bond donors (Lipinski definition) is 2. The molecule has 11 nitrogen and oxygen atoms in total. The van der Waals surface area contributed by atoms with E-state index in [1.807, 2.05) is 0 Å². The fraction of sp³-hybridized carbons (Fsp3) is 0.833. The molecule has 0 bridgehead atoms. The lowest BCUT2D eigenvalue weighted by Gasteiger charge is -2.07. The number of rotatable bonds is 21. The van der Waals surface area contributed by atoms with Crippen molar-refractivity contribution in [2.45, 2.75) is 83.5 Å². The lowest BCUT2D eigenvalue weighted by atomic mass is 10.1. The van der Waals surface area contributed by atoms with Crippen molar-refractivity contribution < 1.29 is 42.9 Å². The zero-order valence-electron chi connectivity index (χ0n) is 21.4. The topological polar surface area (TPSA) is 138 Å². The maximum atomic E-state index is 11.7. The third kappa shape index (κ3) is 24.2. The average molecular weight is 505 g/mol. The highest BCUT2D eigenvalue weighted by Gasteiger charge is 2.05. The normalized spacial score (nSPS) is 10.2. The van der Waals surface area contributed by atoms with Gasteiger partial charge in [-0.05, 0) is 64.2 Å². The Kier molecular flexibility index (Phi) is 22.5. The molecule has 0 saturated heterocycles. The van der Waals surface area contributed by atoms with E-state index in [1.165, 1.54) is 14.1 Å². The zero-order chi connectivity index (χ0) is 26.0. The highest BCUT2D eigenvalue weighted by atomic mass is 16.7. The molecule has 35 heavy (non-hydrogen) atoms. The minimum absolute atomic E-state index is 0.185. The first-order valence-electron chi connectivity index (χ1n) is 12.6. The number of amides is 2. The molecule has 0 saturated carbocycles. The number of esters is 1. The second-order valence-electron chi connectivity index (χ2n) is 7.93. The molecule has 2 N–H and O–H groups in total. The van der Waals surface area contributed by atoms with E-state index in [1.54, 1.807) is 0 Å². The maximum absolute atomic E-state index is 11.7. The first-order chi connectivity index (χ1) is 17.0. The molecule has 0 fully saturated rings. The monoisotopic (exact) mass is 504 g/mol. The molecular formula is C24H44N2O9. The van der Waals surface area contributed by atoms with Gasteiger partial charge in [0.05, 0.1) is 33.0 Å². The molecule has 0 aromatic carbocycles. The Morgan fingerprint density at radius 3 is 1.20 bits per heavy atom. The van der Waals surface area contributed by atoms with Crippen LogP contribution in [0.25, 0.3) is 0 Å². The molecule has 0 radical (unpaired) electrons. The lowest BCUT2D eigenvalue weighted by Crippen LogP contribution is -2.19. The van der Waals surface area contributed by atoms with Gasteiger partial charge in [-0.15, -0.1) is 0 Å². The van der Waals surface area contributed by atoms with E-state index in [4.69, 9.17) is 23.7 Å². The van der Waals surface area contributed by atoms with Gasteiger partial charge in [0.15, 0.2) is 0 Å². The molecule has 0 aliphatic rings. The van der Waals surface area contributed by atoms with Crippen LogP contribution in [0.4, 0.5) is 14.4 Å². The summed E-state index contributed by atoms with van der Waals surface area (Å²) in [5, 5.41) is 4.77. The molecule has 0 aliphatic carbocycles. The fourth-order valence-electron chi connectivity index (χ4n) is 2.93. The summed E-state index contributed by atoms with van der Waals surface area (Å²) in [4.78, 5) is 44.9. The molecule has 0 heterocycles. The Morgan fingerprint density at radius 1 is 0.457 bits per heavy atom. The van der Waals surface area contributed by atoms with Crippen LogP contribution in [-0.4, -0.2) is 71.4 Å². The smallest absolute Gasteiger partial charge is 0.466 e. The Balaban J connectivity index is 3.32. The molecule has 0 atom stereocenters. The van der Waals surface area contributed by atoms with E-state index in [2.05, 4.69) is 10.6 Å². The van der Waals surface area contributed by atoms with Crippen LogP contribution in [0.5, 0.6) is 0 Å². The summed E-state index contributed by atoms with van der Waals surface area (Å²) in [7, 11) is 3.03. The number of unbranched alkanes of at least 4 members (excludes halogenated alkanes) is 9. The van der Waals surface area contributed by atoms with Crippen molar-refractivity contribution in [3.8, 4) is 0 Å². The van der Waals surface area contributed by atoms with E-state index in [0.717, 1.165) is 77.0 Å². The molecule has 11 heteroatoms. The summed E-state index contributed by atoms with van der Waals surface area (Å²) in [6.45, 7) is 1.79. The van der Waals surface area contributed by atoms with Gasteiger partial charge in [0.2, 0.25) is 0 Å². The number of alkyl carbamates (subject to hydrolysis) is 2. The van der Waals surface area contributed by atoms with Crippen molar-refractivity contribution in [2.75, 3.05) is 47.1 Å². The van der Waals surface area contributed by atoms with Crippen LogP contribution in [0, 0.1) is 0 Å². The number of nitrogens with one attached hydrogen (secondary N) is 2. The molecule has 2 amide bonds. The summed E-state index contributed by atoms with van der Waals surface area (Å²) in [6, 6.07) is 0. The van der Waals surface area contributed by atoms with Gasteiger partial charge in [-0.25, -0.2) is 14.4 Å². The van der Waals surface area contributed by atoms with Crippen molar-refractivity contribution in [3.05, 3.63) is 0 Å². The largest absolute Gasteiger partial charge is 0.508 e. The molecule has 0 aliphatic heterocycles. The van der Waals surface area contributed by atoms with Crippen LogP contribution in [-0.2, 0) is 28.5 Å². The van der Waals surface area contributed by atoms with Crippen molar-refractivity contribution in [1.29, 1.82) is 0 Å². The highest BCUT2D eigenvalue weighted by Crippen LogP contribution is 2.06. The molecule has 0 aromatic heterocycles. The zero-order valence-corrected chi connectivity index (χ0v) is 21.4. The summed E-state index contributed by atoms with van der Waals surface area (Å²) in [6.07, 6.45) is 8.79. The van der Waals surface area contributed by atoms with Crippen molar-refractivity contribution in [2.24, 2.45) is 0 Å².